The summed E-state index contributed by atoms with van der Waals surface area (Å²) >= 11 is 0. The van der Waals surface area contributed by atoms with Gasteiger partial charge in [0.1, 0.15) is 6.04 Å². The van der Waals surface area contributed by atoms with Gasteiger partial charge in [0.15, 0.2) is 0 Å². The molecule has 0 bridgehead atoms. The normalized spacial score (nSPS) is 17.2. The van der Waals surface area contributed by atoms with Crippen LogP contribution in [0.25, 0.3) is 0 Å². The first-order valence-corrected chi connectivity index (χ1v) is 5.60. The van der Waals surface area contributed by atoms with Crippen LogP contribution in [-0.4, -0.2) is 65.7 Å². The number of hydrogen-bond donors (Lipinski definition) is 1. The quantitative estimate of drug-likeness (QED) is 0.714. The summed E-state index contributed by atoms with van der Waals surface area (Å²) in [6.45, 7) is 4.44. The zero-order valence-corrected chi connectivity index (χ0v) is 10.3. The van der Waals surface area contributed by atoms with Crippen molar-refractivity contribution in [1.29, 1.82) is 0 Å². The lowest BCUT2D eigenvalue weighted by molar-refractivity contribution is -0.142. The maximum absolute atomic E-state index is 11.2. The lowest BCUT2D eigenvalue weighted by Gasteiger charge is -2.27. The Labute approximate surface area is 96.9 Å². The highest BCUT2D eigenvalue weighted by molar-refractivity contribution is 5.73. The van der Waals surface area contributed by atoms with Crippen molar-refractivity contribution in [3.8, 4) is 0 Å². The van der Waals surface area contributed by atoms with Crippen molar-refractivity contribution in [2.45, 2.75) is 19.4 Å². The molecule has 5 heteroatoms. The monoisotopic (exact) mass is 227 g/mol. The highest BCUT2D eigenvalue weighted by Gasteiger charge is 2.26. The predicted octanol–water partition coefficient (Wildman–Crippen LogP) is 0.457. The van der Waals surface area contributed by atoms with Crippen LogP contribution in [0.15, 0.2) is 12.4 Å². The highest BCUT2D eigenvalue weighted by Crippen LogP contribution is 2.13. The Morgan fingerprint density at radius 3 is 2.62 bits per heavy atom. The average molecular weight is 227 g/mol. The molecule has 1 rings (SSSR count). The molecule has 1 heterocycles. The van der Waals surface area contributed by atoms with Crippen molar-refractivity contribution in [3.63, 3.8) is 0 Å². The molecule has 0 amide bonds. The third-order valence-corrected chi connectivity index (χ3v) is 2.76. The number of carboxylic acid groups (broad SMARTS) is 1. The van der Waals surface area contributed by atoms with Gasteiger partial charge in [-0.3, -0.25) is 0 Å². The number of carboxylic acids is 1. The first kappa shape index (κ1) is 12.8. The minimum atomic E-state index is -0.746. The molecule has 1 N–H and O–H groups in total. The fourth-order valence-electron chi connectivity index (χ4n) is 1.70. The fraction of sp³-hybridized carbons (Fsp3) is 0.727. The molecule has 92 valence electrons. The SMILES string of the molecule is CCN1C=CN(C(CCN(C)C)C(=O)O)C1. The highest BCUT2D eigenvalue weighted by atomic mass is 16.4. The maximum Gasteiger partial charge on any atom is 0.326 e. The van der Waals surface area contributed by atoms with Crippen LogP contribution in [0.3, 0.4) is 0 Å². The van der Waals surface area contributed by atoms with Gasteiger partial charge in [-0.2, -0.15) is 0 Å². The van der Waals surface area contributed by atoms with Crippen LogP contribution in [0.4, 0.5) is 0 Å². The third kappa shape index (κ3) is 3.41. The minimum Gasteiger partial charge on any atom is -0.480 e. The van der Waals surface area contributed by atoms with Crippen LogP contribution >= 0.6 is 0 Å². The largest absolute Gasteiger partial charge is 0.480 e. The second-order valence-electron chi connectivity index (χ2n) is 4.30. The van der Waals surface area contributed by atoms with E-state index in [1.165, 1.54) is 0 Å². The zero-order valence-electron chi connectivity index (χ0n) is 10.3. The van der Waals surface area contributed by atoms with Crippen molar-refractivity contribution in [2.24, 2.45) is 0 Å². The van der Waals surface area contributed by atoms with Gasteiger partial charge in [-0.15, -0.1) is 0 Å². The number of rotatable bonds is 6. The standard InChI is InChI=1S/C11H21N3O2/c1-4-13-7-8-14(9-13)10(11(15)16)5-6-12(2)3/h7-8,10H,4-6,9H2,1-3H3,(H,15,16). The molecule has 5 nitrogen and oxygen atoms in total. The molecule has 1 atom stereocenters. The predicted molar refractivity (Wildman–Crippen MR) is 62.8 cm³/mol. The summed E-state index contributed by atoms with van der Waals surface area (Å²) in [6.07, 6.45) is 4.47. The Kier molecular flexibility index (Phi) is 4.61. The fourth-order valence-corrected chi connectivity index (χ4v) is 1.70. The summed E-state index contributed by atoms with van der Waals surface area (Å²) in [4.78, 5) is 17.2. The topological polar surface area (TPSA) is 47.0 Å². The van der Waals surface area contributed by atoms with Crippen LogP contribution in [0.5, 0.6) is 0 Å². The van der Waals surface area contributed by atoms with E-state index < -0.39 is 12.0 Å². The average Bonchev–Trinajstić information content (AvgIpc) is 2.65. The summed E-state index contributed by atoms with van der Waals surface area (Å²) in [5, 5.41) is 9.19. The second-order valence-corrected chi connectivity index (χ2v) is 4.30. The third-order valence-electron chi connectivity index (χ3n) is 2.76. The van der Waals surface area contributed by atoms with Crippen molar-refractivity contribution in [2.75, 3.05) is 33.9 Å². The van der Waals surface area contributed by atoms with Gasteiger partial charge >= 0.3 is 5.97 Å². The number of hydrogen-bond acceptors (Lipinski definition) is 4. The molecule has 0 saturated heterocycles. The second kappa shape index (κ2) is 5.75. The van der Waals surface area contributed by atoms with E-state index in [-0.39, 0.29) is 0 Å². The van der Waals surface area contributed by atoms with Gasteiger partial charge < -0.3 is 19.8 Å². The Balaban J connectivity index is 2.52. The van der Waals surface area contributed by atoms with Crippen molar-refractivity contribution in [1.82, 2.24) is 14.7 Å². The smallest absolute Gasteiger partial charge is 0.326 e. The number of nitrogens with zero attached hydrogens (tertiary/aromatic N) is 3. The molecule has 1 aliphatic heterocycles. The molecule has 0 aromatic carbocycles. The Bertz CT molecular complexity index is 266. The molecule has 0 fully saturated rings. The van der Waals surface area contributed by atoms with Crippen LogP contribution in [-0.2, 0) is 4.79 Å². The molecule has 1 unspecified atom stereocenters. The molecule has 0 spiro atoms. The van der Waals surface area contributed by atoms with Crippen molar-refractivity contribution >= 4 is 5.97 Å². The zero-order chi connectivity index (χ0) is 12.1. The molecule has 0 aromatic rings. The van der Waals surface area contributed by atoms with Gasteiger partial charge in [0.25, 0.3) is 0 Å². The molecule has 16 heavy (non-hydrogen) atoms. The lowest BCUT2D eigenvalue weighted by Crippen LogP contribution is -2.41. The van der Waals surface area contributed by atoms with Gasteiger partial charge in [0, 0.05) is 25.5 Å². The van der Waals surface area contributed by atoms with E-state index >= 15 is 0 Å². The summed E-state index contributed by atoms with van der Waals surface area (Å²) in [5.74, 6) is -0.746. The molecular weight excluding hydrogens is 206 g/mol. The van der Waals surface area contributed by atoms with E-state index in [0.717, 1.165) is 13.1 Å². The Morgan fingerprint density at radius 2 is 2.19 bits per heavy atom. The van der Waals surface area contributed by atoms with Gasteiger partial charge in [-0.1, -0.05) is 0 Å². The molecule has 0 aromatic heterocycles. The minimum absolute atomic E-state index is 0.421. The summed E-state index contributed by atoms with van der Waals surface area (Å²) in [6, 6.07) is -0.421. The first-order valence-electron chi connectivity index (χ1n) is 5.60. The maximum atomic E-state index is 11.2. The van der Waals surface area contributed by atoms with Gasteiger partial charge in [0.05, 0.1) is 6.67 Å². The number of carbonyl (C=O) groups is 1. The lowest BCUT2D eigenvalue weighted by atomic mass is 10.2. The Morgan fingerprint density at radius 1 is 1.50 bits per heavy atom. The van der Waals surface area contributed by atoms with Crippen molar-refractivity contribution < 1.29 is 9.90 Å². The molecule has 0 saturated carbocycles. The first-order chi connectivity index (χ1) is 7.54. The summed E-state index contributed by atoms with van der Waals surface area (Å²) < 4.78 is 0. The Hall–Kier alpha value is -1.23. The van der Waals surface area contributed by atoms with E-state index in [2.05, 4.69) is 11.8 Å². The summed E-state index contributed by atoms with van der Waals surface area (Å²) in [7, 11) is 3.91. The van der Waals surface area contributed by atoms with E-state index in [1.54, 1.807) is 0 Å². The molecule has 1 aliphatic rings. The van der Waals surface area contributed by atoms with Crippen LogP contribution in [0, 0.1) is 0 Å². The van der Waals surface area contributed by atoms with Gasteiger partial charge in [-0.25, -0.2) is 4.79 Å². The molecule has 0 radical (unpaired) electrons. The summed E-state index contributed by atoms with van der Waals surface area (Å²) in [5.41, 5.74) is 0. The van der Waals surface area contributed by atoms with Crippen LogP contribution in [0.1, 0.15) is 13.3 Å². The van der Waals surface area contributed by atoms with Gasteiger partial charge in [0.2, 0.25) is 0 Å². The van der Waals surface area contributed by atoms with E-state index in [1.807, 2.05) is 36.3 Å². The number of aliphatic carboxylic acids is 1. The van der Waals surface area contributed by atoms with Gasteiger partial charge in [-0.05, 0) is 27.4 Å². The van der Waals surface area contributed by atoms with E-state index in [9.17, 15) is 9.90 Å². The van der Waals surface area contributed by atoms with E-state index in [4.69, 9.17) is 0 Å². The van der Waals surface area contributed by atoms with Crippen LogP contribution < -0.4 is 0 Å². The molecule has 0 aliphatic carbocycles. The van der Waals surface area contributed by atoms with E-state index in [0.29, 0.717) is 13.1 Å². The van der Waals surface area contributed by atoms with Crippen LogP contribution in [0.2, 0.25) is 0 Å². The molecular formula is C11H21N3O2. The van der Waals surface area contributed by atoms with Crippen molar-refractivity contribution in [3.05, 3.63) is 12.4 Å².